The number of rotatable bonds is 5. The Morgan fingerprint density at radius 3 is 2.61 bits per heavy atom. The quantitative estimate of drug-likeness (QED) is 0.841. The number of amides is 2. The molecule has 2 N–H and O–H groups in total. The first-order chi connectivity index (χ1) is 8.78. The monoisotopic (exact) mass is 248 g/mol. The molecular formula is C14H20N2O2. The molecule has 18 heavy (non-hydrogen) atoms. The number of anilines is 1. The molecule has 1 aliphatic rings. The molecule has 2 rings (SSSR count). The van der Waals surface area contributed by atoms with Crippen LogP contribution in [0.3, 0.4) is 0 Å². The van der Waals surface area contributed by atoms with Crippen LogP contribution in [0.1, 0.15) is 32.6 Å². The van der Waals surface area contributed by atoms with Gasteiger partial charge in [-0.05, 0) is 49.9 Å². The minimum atomic E-state index is -0.123. The maximum Gasteiger partial charge on any atom is 0.319 e. The van der Waals surface area contributed by atoms with Crippen molar-refractivity contribution in [2.75, 3.05) is 11.9 Å². The van der Waals surface area contributed by atoms with Crippen LogP contribution in [-0.4, -0.2) is 18.7 Å². The Kier molecular flexibility index (Phi) is 4.45. The molecule has 1 aromatic rings. The highest BCUT2D eigenvalue weighted by Gasteiger charge is 2.19. The topological polar surface area (TPSA) is 50.4 Å². The van der Waals surface area contributed by atoms with Crippen molar-refractivity contribution in [3.05, 3.63) is 24.3 Å². The predicted octanol–water partition coefficient (Wildman–Crippen LogP) is 3.15. The van der Waals surface area contributed by atoms with Gasteiger partial charge in [0, 0.05) is 11.7 Å². The van der Waals surface area contributed by atoms with E-state index in [2.05, 4.69) is 17.6 Å². The van der Waals surface area contributed by atoms with E-state index in [4.69, 9.17) is 4.74 Å². The Morgan fingerprint density at radius 2 is 2.06 bits per heavy atom. The van der Waals surface area contributed by atoms with E-state index in [0.29, 0.717) is 6.04 Å². The molecule has 2 amide bonds. The smallest absolute Gasteiger partial charge is 0.319 e. The lowest BCUT2D eigenvalue weighted by Crippen LogP contribution is -2.41. The van der Waals surface area contributed by atoms with Gasteiger partial charge in [0.2, 0.25) is 0 Å². The van der Waals surface area contributed by atoms with Gasteiger partial charge in [-0.25, -0.2) is 4.79 Å². The Balaban J connectivity index is 1.79. The third-order valence-electron chi connectivity index (χ3n) is 3.03. The zero-order valence-electron chi connectivity index (χ0n) is 10.7. The van der Waals surface area contributed by atoms with Crippen LogP contribution in [0.5, 0.6) is 5.75 Å². The average molecular weight is 248 g/mol. The number of ether oxygens (including phenoxy) is 1. The van der Waals surface area contributed by atoms with Gasteiger partial charge in [-0.1, -0.05) is 6.92 Å². The third kappa shape index (κ3) is 3.65. The summed E-state index contributed by atoms with van der Waals surface area (Å²) in [5.41, 5.74) is 0.788. The fourth-order valence-corrected chi connectivity index (χ4v) is 1.76. The Morgan fingerprint density at radius 1 is 1.33 bits per heavy atom. The molecule has 0 radical (unpaired) electrons. The van der Waals surface area contributed by atoms with Crippen LogP contribution in [0.25, 0.3) is 0 Å². The predicted molar refractivity (Wildman–Crippen MR) is 72.0 cm³/mol. The van der Waals surface area contributed by atoms with Crippen molar-refractivity contribution in [1.29, 1.82) is 0 Å². The third-order valence-corrected chi connectivity index (χ3v) is 3.03. The first kappa shape index (κ1) is 12.7. The van der Waals surface area contributed by atoms with E-state index in [-0.39, 0.29) is 6.03 Å². The molecule has 0 unspecified atom stereocenters. The zero-order valence-corrected chi connectivity index (χ0v) is 10.7. The standard InChI is InChI=1S/C14H20N2O2/c1-2-10-18-13-8-6-12(7-9-13)16-14(17)15-11-4-3-5-11/h6-9,11H,2-5,10H2,1H3,(H2,15,16,17). The molecule has 0 spiro atoms. The van der Waals surface area contributed by atoms with Gasteiger partial charge in [0.05, 0.1) is 6.61 Å². The summed E-state index contributed by atoms with van der Waals surface area (Å²) < 4.78 is 5.48. The Hall–Kier alpha value is -1.71. The first-order valence-electron chi connectivity index (χ1n) is 6.58. The molecule has 0 bridgehead atoms. The van der Waals surface area contributed by atoms with Gasteiger partial charge in [-0.15, -0.1) is 0 Å². The maximum atomic E-state index is 11.6. The summed E-state index contributed by atoms with van der Waals surface area (Å²) in [5, 5.41) is 5.75. The second kappa shape index (κ2) is 6.28. The summed E-state index contributed by atoms with van der Waals surface area (Å²) in [4.78, 5) is 11.6. The molecule has 1 aromatic carbocycles. The van der Waals surface area contributed by atoms with Gasteiger partial charge in [0.1, 0.15) is 5.75 Å². The Bertz CT molecular complexity index is 385. The molecule has 4 nitrogen and oxygen atoms in total. The van der Waals surface area contributed by atoms with Crippen LogP contribution in [0, 0.1) is 0 Å². The zero-order chi connectivity index (χ0) is 12.8. The molecular weight excluding hydrogens is 228 g/mol. The van der Waals surface area contributed by atoms with E-state index in [1.165, 1.54) is 6.42 Å². The van der Waals surface area contributed by atoms with Crippen LogP contribution in [-0.2, 0) is 0 Å². The second-order valence-corrected chi connectivity index (χ2v) is 4.60. The minimum Gasteiger partial charge on any atom is -0.494 e. The van der Waals surface area contributed by atoms with Crippen LogP contribution in [0.15, 0.2) is 24.3 Å². The molecule has 0 aliphatic heterocycles. The molecule has 4 heteroatoms. The molecule has 0 heterocycles. The lowest BCUT2D eigenvalue weighted by molar-refractivity contribution is 0.240. The van der Waals surface area contributed by atoms with E-state index in [0.717, 1.165) is 37.3 Å². The number of hydrogen-bond donors (Lipinski definition) is 2. The second-order valence-electron chi connectivity index (χ2n) is 4.60. The normalized spacial score (nSPS) is 14.7. The number of nitrogens with one attached hydrogen (secondary N) is 2. The van der Waals surface area contributed by atoms with Gasteiger partial charge in [-0.3, -0.25) is 0 Å². The van der Waals surface area contributed by atoms with Crippen LogP contribution in [0.2, 0.25) is 0 Å². The minimum absolute atomic E-state index is 0.123. The highest BCUT2D eigenvalue weighted by molar-refractivity contribution is 5.89. The van der Waals surface area contributed by atoms with E-state index < -0.39 is 0 Å². The van der Waals surface area contributed by atoms with Gasteiger partial charge >= 0.3 is 6.03 Å². The lowest BCUT2D eigenvalue weighted by atomic mass is 9.93. The lowest BCUT2D eigenvalue weighted by Gasteiger charge is -2.26. The summed E-state index contributed by atoms with van der Waals surface area (Å²) in [6.45, 7) is 2.79. The van der Waals surface area contributed by atoms with E-state index in [9.17, 15) is 4.79 Å². The number of carbonyl (C=O) groups is 1. The number of benzene rings is 1. The molecule has 1 saturated carbocycles. The van der Waals surface area contributed by atoms with Crippen molar-refractivity contribution in [2.45, 2.75) is 38.6 Å². The molecule has 0 atom stereocenters. The first-order valence-corrected chi connectivity index (χ1v) is 6.58. The molecule has 1 aliphatic carbocycles. The molecule has 98 valence electrons. The van der Waals surface area contributed by atoms with E-state index in [1.807, 2.05) is 24.3 Å². The summed E-state index contributed by atoms with van der Waals surface area (Å²) in [5.74, 6) is 0.835. The largest absolute Gasteiger partial charge is 0.494 e. The SMILES string of the molecule is CCCOc1ccc(NC(=O)NC2CCC2)cc1. The summed E-state index contributed by atoms with van der Waals surface area (Å²) in [6.07, 6.45) is 4.40. The van der Waals surface area contributed by atoms with Crippen molar-refractivity contribution < 1.29 is 9.53 Å². The van der Waals surface area contributed by atoms with Crippen molar-refractivity contribution in [1.82, 2.24) is 5.32 Å². The summed E-state index contributed by atoms with van der Waals surface area (Å²) in [7, 11) is 0. The number of carbonyl (C=O) groups excluding carboxylic acids is 1. The van der Waals surface area contributed by atoms with E-state index in [1.54, 1.807) is 0 Å². The average Bonchev–Trinajstić information content (AvgIpc) is 2.33. The van der Waals surface area contributed by atoms with Crippen LogP contribution in [0.4, 0.5) is 10.5 Å². The highest BCUT2D eigenvalue weighted by atomic mass is 16.5. The van der Waals surface area contributed by atoms with Crippen LogP contribution < -0.4 is 15.4 Å². The maximum absolute atomic E-state index is 11.6. The van der Waals surface area contributed by atoms with Crippen molar-refractivity contribution in [3.63, 3.8) is 0 Å². The van der Waals surface area contributed by atoms with Gasteiger partial charge in [0.25, 0.3) is 0 Å². The fraction of sp³-hybridized carbons (Fsp3) is 0.500. The van der Waals surface area contributed by atoms with Gasteiger partial charge in [0.15, 0.2) is 0 Å². The number of urea groups is 1. The van der Waals surface area contributed by atoms with Crippen molar-refractivity contribution >= 4 is 11.7 Å². The molecule has 0 aromatic heterocycles. The van der Waals surface area contributed by atoms with Gasteiger partial charge < -0.3 is 15.4 Å². The highest BCUT2D eigenvalue weighted by Crippen LogP contribution is 2.19. The van der Waals surface area contributed by atoms with Gasteiger partial charge in [-0.2, -0.15) is 0 Å². The number of hydrogen-bond acceptors (Lipinski definition) is 2. The van der Waals surface area contributed by atoms with Crippen molar-refractivity contribution in [3.8, 4) is 5.75 Å². The summed E-state index contributed by atoms with van der Waals surface area (Å²) >= 11 is 0. The van der Waals surface area contributed by atoms with E-state index >= 15 is 0 Å². The van der Waals surface area contributed by atoms with Crippen molar-refractivity contribution in [2.24, 2.45) is 0 Å². The Labute approximate surface area is 108 Å². The molecule has 0 saturated heterocycles. The van der Waals surface area contributed by atoms with Crippen LogP contribution >= 0.6 is 0 Å². The fourth-order valence-electron chi connectivity index (χ4n) is 1.76. The molecule has 1 fully saturated rings. The summed E-state index contributed by atoms with van der Waals surface area (Å²) in [6, 6.07) is 7.68.